The van der Waals surface area contributed by atoms with Crippen LogP contribution >= 0.6 is 11.8 Å². The molecule has 0 saturated carbocycles. The molecule has 0 aliphatic carbocycles. The molecule has 0 aliphatic heterocycles. The predicted octanol–water partition coefficient (Wildman–Crippen LogP) is 0.00530. The molecule has 0 aromatic carbocycles. The zero-order valence-corrected chi connectivity index (χ0v) is 10.2. The molecule has 9 heteroatoms. The maximum atomic E-state index is 11.2. The van der Waals surface area contributed by atoms with Crippen LogP contribution in [0.5, 0.6) is 5.75 Å². The van der Waals surface area contributed by atoms with E-state index in [2.05, 4.69) is 25.4 Å². The van der Waals surface area contributed by atoms with E-state index in [1.165, 1.54) is 25.7 Å². The smallest absolute Gasteiger partial charge is 0.251 e. The summed E-state index contributed by atoms with van der Waals surface area (Å²) in [5.41, 5.74) is 2.16. The van der Waals surface area contributed by atoms with Crippen LogP contribution in [-0.2, 0) is 0 Å². The highest BCUT2D eigenvalue weighted by Gasteiger charge is 2.13. The number of ether oxygens (including phenoxy) is 1. The number of nitrogens with zero attached hydrogens (tertiary/aromatic N) is 3. The van der Waals surface area contributed by atoms with Crippen molar-refractivity contribution in [3.63, 3.8) is 0 Å². The van der Waals surface area contributed by atoms with E-state index in [1.807, 2.05) is 0 Å². The van der Waals surface area contributed by atoms with Crippen LogP contribution < -0.4 is 21.6 Å². The normalized spacial score (nSPS) is 10.1. The summed E-state index contributed by atoms with van der Waals surface area (Å²) in [4.78, 5) is 25.7. The fourth-order valence-electron chi connectivity index (χ4n) is 1.21. The summed E-state index contributed by atoms with van der Waals surface area (Å²) in [6.07, 6.45) is 2.75. The summed E-state index contributed by atoms with van der Waals surface area (Å²) < 4.78 is 5.16. The van der Waals surface area contributed by atoms with Crippen molar-refractivity contribution in [3.05, 3.63) is 28.9 Å². The molecule has 0 radical (unpaired) electrons. The quantitative estimate of drug-likeness (QED) is 0.306. The lowest BCUT2D eigenvalue weighted by atomic mass is 10.5. The Hall–Kier alpha value is -2.13. The van der Waals surface area contributed by atoms with Gasteiger partial charge in [0.1, 0.15) is 6.33 Å². The summed E-state index contributed by atoms with van der Waals surface area (Å²) in [7, 11) is 1.48. The van der Waals surface area contributed by atoms with E-state index in [9.17, 15) is 4.79 Å². The maximum Gasteiger partial charge on any atom is 0.251 e. The Morgan fingerprint density at radius 1 is 1.44 bits per heavy atom. The zero-order valence-electron chi connectivity index (χ0n) is 9.38. The molecule has 2 aromatic rings. The number of methoxy groups -OCH3 is 1. The van der Waals surface area contributed by atoms with Gasteiger partial charge in [-0.25, -0.2) is 20.8 Å². The first kappa shape index (κ1) is 12.3. The van der Waals surface area contributed by atoms with Crippen LogP contribution in [0.1, 0.15) is 0 Å². The van der Waals surface area contributed by atoms with Crippen LogP contribution in [0.4, 0.5) is 5.82 Å². The van der Waals surface area contributed by atoms with Gasteiger partial charge in [0.25, 0.3) is 5.56 Å². The Morgan fingerprint density at radius 3 is 2.94 bits per heavy atom. The van der Waals surface area contributed by atoms with Crippen molar-refractivity contribution in [2.75, 3.05) is 12.5 Å². The Kier molecular flexibility index (Phi) is 3.75. The number of nitrogens with one attached hydrogen (secondary N) is 2. The SMILES string of the molecule is COc1c(NN)ncnc1Sc1nccc(=O)[nH]1. The summed E-state index contributed by atoms with van der Waals surface area (Å²) in [6, 6.07) is 1.33. The lowest BCUT2D eigenvalue weighted by Gasteiger charge is -2.09. The Labute approximate surface area is 106 Å². The Bertz CT molecular complexity index is 602. The Balaban J connectivity index is 2.37. The fraction of sp³-hybridized carbons (Fsp3) is 0.111. The molecular formula is C9H10N6O2S. The molecule has 0 unspecified atom stereocenters. The van der Waals surface area contributed by atoms with E-state index in [1.54, 1.807) is 0 Å². The number of anilines is 1. The molecule has 0 atom stereocenters. The predicted molar refractivity (Wildman–Crippen MR) is 65.4 cm³/mol. The summed E-state index contributed by atoms with van der Waals surface area (Å²) in [6.45, 7) is 0. The molecule has 0 aliphatic rings. The lowest BCUT2D eigenvalue weighted by molar-refractivity contribution is 0.400. The molecule has 0 bridgehead atoms. The average Bonchev–Trinajstić information content (AvgIpc) is 2.38. The van der Waals surface area contributed by atoms with Crippen molar-refractivity contribution in [1.29, 1.82) is 0 Å². The highest BCUT2D eigenvalue weighted by Crippen LogP contribution is 2.34. The standard InChI is InChI=1S/C9H10N6O2S/c1-17-6-7(15-10)12-4-13-8(6)18-9-11-3-2-5(16)14-9/h2-4H,10H2,1H3,(H,11,14,16)(H,12,13,15). The van der Waals surface area contributed by atoms with Gasteiger partial charge >= 0.3 is 0 Å². The highest BCUT2D eigenvalue weighted by molar-refractivity contribution is 7.99. The molecule has 8 nitrogen and oxygen atoms in total. The third kappa shape index (κ3) is 2.57. The van der Waals surface area contributed by atoms with Crippen molar-refractivity contribution in [3.8, 4) is 5.75 Å². The van der Waals surface area contributed by atoms with Crippen LogP contribution in [0, 0.1) is 0 Å². The highest BCUT2D eigenvalue weighted by atomic mass is 32.2. The van der Waals surface area contributed by atoms with Gasteiger partial charge in [0.05, 0.1) is 7.11 Å². The van der Waals surface area contributed by atoms with E-state index in [0.29, 0.717) is 21.7 Å². The molecule has 0 spiro atoms. The van der Waals surface area contributed by atoms with Gasteiger partial charge in [0.15, 0.2) is 21.7 Å². The van der Waals surface area contributed by atoms with Crippen LogP contribution in [0.15, 0.2) is 33.6 Å². The van der Waals surface area contributed by atoms with Gasteiger partial charge in [0, 0.05) is 12.3 Å². The monoisotopic (exact) mass is 266 g/mol. The molecule has 94 valence electrons. The summed E-state index contributed by atoms with van der Waals surface area (Å²) in [5.74, 6) is 6.05. The van der Waals surface area contributed by atoms with E-state index < -0.39 is 0 Å². The molecule has 0 fully saturated rings. The minimum Gasteiger partial charge on any atom is -0.490 e. The largest absolute Gasteiger partial charge is 0.490 e. The van der Waals surface area contributed by atoms with Crippen molar-refractivity contribution < 1.29 is 4.74 Å². The number of hydrogen-bond donors (Lipinski definition) is 3. The lowest BCUT2D eigenvalue weighted by Crippen LogP contribution is -2.11. The molecule has 2 aromatic heterocycles. The zero-order chi connectivity index (χ0) is 13.0. The van der Waals surface area contributed by atoms with Gasteiger partial charge < -0.3 is 15.1 Å². The minimum absolute atomic E-state index is 0.238. The fourth-order valence-corrected chi connectivity index (χ4v) is 2.03. The van der Waals surface area contributed by atoms with Gasteiger partial charge in [-0.05, 0) is 11.8 Å². The summed E-state index contributed by atoms with van der Waals surface area (Å²) in [5, 5.41) is 0.900. The molecule has 2 heterocycles. The molecule has 4 N–H and O–H groups in total. The van der Waals surface area contributed by atoms with E-state index in [4.69, 9.17) is 10.6 Å². The first-order valence-electron chi connectivity index (χ1n) is 4.83. The number of nitrogen functional groups attached to an aromatic ring is 1. The van der Waals surface area contributed by atoms with Crippen LogP contribution in [0.25, 0.3) is 0 Å². The molecule has 0 amide bonds. The minimum atomic E-state index is -0.238. The average molecular weight is 266 g/mol. The van der Waals surface area contributed by atoms with Gasteiger partial charge in [-0.3, -0.25) is 4.79 Å². The van der Waals surface area contributed by atoms with Crippen molar-refractivity contribution in [2.45, 2.75) is 10.2 Å². The summed E-state index contributed by atoms with van der Waals surface area (Å²) >= 11 is 1.14. The Morgan fingerprint density at radius 2 is 2.28 bits per heavy atom. The number of H-pyrrole nitrogens is 1. The van der Waals surface area contributed by atoms with Crippen LogP contribution in [-0.4, -0.2) is 27.0 Å². The number of hydrazine groups is 1. The second-order valence-electron chi connectivity index (χ2n) is 3.05. The second kappa shape index (κ2) is 5.47. The second-order valence-corrected chi connectivity index (χ2v) is 4.02. The van der Waals surface area contributed by atoms with E-state index >= 15 is 0 Å². The van der Waals surface area contributed by atoms with E-state index in [-0.39, 0.29) is 5.56 Å². The maximum absolute atomic E-state index is 11.2. The molecular weight excluding hydrogens is 256 g/mol. The van der Waals surface area contributed by atoms with Gasteiger partial charge in [-0.1, -0.05) is 0 Å². The molecule has 0 saturated heterocycles. The van der Waals surface area contributed by atoms with Crippen molar-refractivity contribution in [2.24, 2.45) is 5.84 Å². The number of aromatic nitrogens is 4. The third-order valence-electron chi connectivity index (χ3n) is 1.95. The van der Waals surface area contributed by atoms with Gasteiger partial charge in [0.2, 0.25) is 0 Å². The first-order valence-corrected chi connectivity index (χ1v) is 5.65. The molecule has 2 rings (SSSR count). The number of nitrogens with two attached hydrogens (primary N) is 1. The molecule has 18 heavy (non-hydrogen) atoms. The number of hydrogen-bond acceptors (Lipinski definition) is 8. The van der Waals surface area contributed by atoms with Crippen LogP contribution in [0.2, 0.25) is 0 Å². The first-order chi connectivity index (χ1) is 8.74. The van der Waals surface area contributed by atoms with Crippen molar-refractivity contribution in [1.82, 2.24) is 19.9 Å². The van der Waals surface area contributed by atoms with Crippen molar-refractivity contribution >= 4 is 17.6 Å². The van der Waals surface area contributed by atoms with Gasteiger partial charge in [-0.15, -0.1) is 0 Å². The van der Waals surface area contributed by atoms with Crippen LogP contribution in [0.3, 0.4) is 0 Å². The topological polar surface area (TPSA) is 119 Å². The third-order valence-corrected chi connectivity index (χ3v) is 2.84. The number of rotatable bonds is 4. The van der Waals surface area contributed by atoms with Gasteiger partial charge in [-0.2, -0.15) is 0 Å². The van der Waals surface area contributed by atoms with E-state index in [0.717, 1.165) is 11.8 Å². The number of aromatic amines is 1.